The minimum Gasteiger partial charge on any atom is -0.386 e. The SMILES string of the molecule is C=CC(C)(C)OOC(C)(C)c1ccccc1C(C)(C)O. The number of hydrogen-bond donors (Lipinski definition) is 1. The molecule has 0 fully saturated rings. The van der Waals surface area contributed by atoms with Gasteiger partial charge in [-0.1, -0.05) is 30.3 Å². The van der Waals surface area contributed by atoms with Gasteiger partial charge in [-0.25, -0.2) is 9.78 Å². The molecule has 0 saturated carbocycles. The zero-order chi connectivity index (χ0) is 15.6. The molecule has 0 unspecified atom stereocenters. The highest BCUT2D eigenvalue weighted by atomic mass is 17.2. The van der Waals surface area contributed by atoms with Crippen LogP contribution in [0.1, 0.15) is 52.7 Å². The van der Waals surface area contributed by atoms with Crippen LogP contribution >= 0.6 is 0 Å². The molecule has 0 aromatic heterocycles. The Morgan fingerprint density at radius 3 is 1.90 bits per heavy atom. The van der Waals surface area contributed by atoms with Crippen molar-refractivity contribution in [3.05, 3.63) is 48.0 Å². The summed E-state index contributed by atoms with van der Waals surface area (Å²) < 4.78 is 0. The summed E-state index contributed by atoms with van der Waals surface area (Å²) in [6.45, 7) is 14.8. The first-order valence-corrected chi connectivity index (χ1v) is 6.82. The number of benzene rings is 1. The predicted molar refractivity (Wildman–Crippen MR) is 81.2 cm³/mol. The summed E-state index contributed by atoms with van der Waals surface area (Å²) >= 11 is 0. The molecule has 0 bridgehead atoms. The van der Waals surface area contributed by atoms with Crippen molar-refractivity contribution in [2.75, 3.05) is 0 Å². The molecule has 0 aliphatic carbocycles. The van der Waals surface area contributed by atoms with Crippen LogP contribution in [0.4, 0.5) is 0 Å². The summed E-state index contributed by atoms with van der Waals surface area (Å²) in [7, 11) is 0. The van der Waals surface area contributed by atoms with Gasteiger partial charge in [0.25, 0.3) is 0 Å². The first-order chi connectivity index (χ1) is 8.99. The third-order valence-electron chi connectivity index (χ3n) is 3.19. The van der Waals surface area contributed by atoms with E-state index >= 15 is 0 Å². The second-order valence-corrected chi connectivity index (χ2v) is 6.59. The fourth-order valence-corrected chi connectivity index (χ4v) is 1.83. The van der Waals surface area contributed by atoms with Crippen LogP contribution in [-0.2, 0) is 21.0 Å². The summed E-state index contributed by atoms with van der Waals surface area (Å²) in [6, 6.07) is 7.67. The maximum atomic E-state index is 10.3. The smallest absolute Gasteiger partial charge is 0.123 e. The van der Waals surface area contributed by atoms with Crippen LogP contribution in [-0.4, -0.2) is 10.7 Å². The van der Waals surface area contributed by atoms with E-state index in [-0.39, 0.29) is 0 Å². The van der Waals surface area contributed by atoms with Crippen molar-refractivity contribution in [1.29, 1.82) is 0 Å². The van der Waals surface area contributed by atoms with E-state index in [2.05, 4.69) is 6.58 Å². The van der Waals surface area contributed by atoms with Gasteiger partial charge in [0.1, 0.15) is 11.2 Å². The van der Waals surface area contributed by atoms with Crippen LogP contribution < -0.4 is 0 Å². The van der Waals surface area contributed by atoms with Crippen molar-refractivity contribution in [2.24, 2.45) is 0 Å². The molecule has 3 nitrogen and oxygen atoms in total. The maximum Gasteiger partial charge on any atom is 0.123 e. The molecule has 3 heteroatoms. The van der Waals surface area contributed by atoms with Crippen molar-refractivity contribution < 1.29 is 14.9 Å². The lowest BCUT2D eigenvalue weighted by molar-refractivity contribution is -0.395. The lowest BCUT2D eigenvalue weighted by Gasteiger charge is -2.33. The molecule has 1 aromatic rings. The van der Waals surface area contributed by atoms with E-state index in [0.29, 0.717) is 0 Å². The van der Waals surface area contributed by atoms with Crippen LogP contribution in [0, 0.1) is 0 Å². The second kappa shape index (κ2) is 5.68. The normalized spacial score (nSPS) is 13.3. The van der Waals surface area contributed by atoms with Gasteiger partial charge >= 0.3 is 0 Å². The van der Waals surface area contributed by atoms with Crippen LogP contribution in [0.5, 0.6) is 0 Å². The van der Waals surface area contributed by atoms with Gasteiger partial charge in [0.15, 0.2) is 0 Å². The van der Waals surface area contributed by atoms with Gasteiger partial charge in [-0.05, 0) is 52.7 Å². The van der Waals surface area contributed by atoms with E-state index < -0.39 is 16.8 Å². The molecule has 0 aliphatic rings. The fourth-order valence-electron chi connectivity index (χ4n) is 1.83. The number of rotatable bonds is 6. The average molecular weight is 278 g/mol. The summed E-state index contributed by atoms with van der Waals surface area (Å²) in [6.07, 6.45) is 1.69. The highest BCUT2D eigenvalue weighted by Crippen LogP contribution is 2.34. The van der Waals surface area contributed by atoms with E-state index in [4.69, 9.17) is 9.78 Å². The van der Waals surface area contributed by atoms with E-state index in [1.165, 1.54) is 0 Å². The molecular weight excluding hydrogens is 252 g/mol. The Bertz CT molecular complexity index is 467. The number of hydrogen-bond acceptors (Lipinski definition) is 3. The molecule has 0 amide bonds. The Kier molecular flexibility index (Phi) is 4.80. The lowest BCUT2D eigenvalue weighted by Crippen LogP contribution is -2.32. The zero-order valence-electron chi connectivity index (χ0n) is 13.4. The first-order valence-electron chi connectivity index (χ1n) is 6.82. The molecule has 0 heterocycles. The molecule has 112 valence electrons. The van der Waals surface area contributed by atoms with Crippen molar-refractivity contribution in [3.8, 4) is 0 Å². The molecule has 0 atom stereocenters. The van der Waals surface area contributed by atoms with Crippen LogP contribution in [0.25, 0.3) is 0 Å². The molecular formula is C17H26O3. The highest BCUT2D eigenvalue weighted by Gasteiger charge is 2.32. The second-order valence-electron chi connectivity index (χ2n) is 6.59. The van der Waals surface area contributed by atoms with Crippen LogP contribution in [0.2, 0.25) is 0 Å². The molecule has 1 N–H and O–H groups in total. The van der Waals surface area contributed by atoms with Gasteiger partial charge in [-0.15, -0.1) is 6.58 Å². The lowest BCUT2D eigenvalue weighted by atomic mass is 9.86. The highest BCUT2D eigenvalue weighted by molar-refractivity contribution is 5.35. The van der Waals surface area contributed by atoms with Crippen molar-refractivity contribution in [3.63, 3.8) is 0 Å². The Morgan fingerprint density at radius 1 is 0.950 bits per heavy atom. The first kappa shape index (κ1) is 16.9. The Morgan fingerprint density at radius 2 is 1.45 bits per heavy atom. The molecule has 0 aliphatic heterocycles. The topological polar surface area (TPSA) is 38.7 Å². The minimum absolute atomic E-state index is 0.569. The summed E-state index contributed by atoms with van der Waals surface area (Å²) in [5.74, 6) is 0. The Balaban J connectivity index is 3.07. The summed E-state index contributed by atoms with van der Waals surface area (Å²) in [5, 5.41) is 10.3. The standard InChI is InChI=1S/C17H26O3/c1-8-15(2,3)19-20-17(6,7)14-12-10-9-11-13(14)16(4,5)18/h8-12,18H,1H2,2-7H3. The van der Waals surface area contributed by atoms with Crippen molar-refractivity contribution >= 4 is 0 Å². The summed E-state index contributed by atoms with van der Waals surface area (Å²) in [4.78, 5) is 11.1. The third kappa shape index (κ3) is 4.17. The molecule has 20 heavy (non-hydrogen) atoms. The van der Waals surface area contributed by atoms with E-state index in [1.54, 1.807) is 19.9 Å². The Hall–Kier alpha value is -1.16. The van der Waals surface area contributed by atoms with E-state index in [1.807, 2.05) is 52.0 Å². The van der Waals surface area contributed by atoms with E-state index in [9.17, 15) is 5.11 Å². The quantitative estimate of drug-likeness (QED) is 0.484. The van der Waals surface area contributed by atoms with Crippen LogP contribution in [0.3, 0.4) is 0 Å². The van der Waals surface area contributed by atoms with E-state index in [0.717, 1.165) is 11.1 Å². The van der Waals surface area contributed by atoms with Gasteiger partial charge in [0.05, 0.1) is 5.60 Å². The Labute approximate surface area is 122 Å². The fraction of sp³-hybridized carbons (Fsp3) is 0.529. The van der Waals surface area contributed by atoms with Gasteiger partial charge in [-0.2, -0.15) is 0 Å². The van der Waals surface area contributed by atoms with Crippen molar-refractivity contribution in [2.45, 2.75) is 58.3 Å². The van der Waals surface area contributed by atoms with Crippen LogP contribution in [0.15, 0.2) is 36.9 Å². The largest absolute Gasteiger partial charge is 0.386 e. The third-order valence-corrected chi connectivity index (χ3v) is 3.19. The van der Waals surface area contributed by atoms with Crippen molar-refractivity contribution in [1.82, 2.24) is 0 Å². The maximum absolute atomic E-state index is 10.3. The zero-order valence-corrected chi connectivity index (χ0v) is 13.4. The summed E-state index contributed by atoms with van der Waals surface area (Å²) in [5.41, 5.74) is -0.472. The van der Waals surface area contributed by atoms with Gasteiger partial charge in [0.2, 0.25) is 0 Å². The molecule has 1 rings (SSSR count). The predicted octanol–water partition coefficient (Wildman–Crippen LogP) is 4.06. The van der Waals surface area contributed by atoms with Gasteiger partial charge in [0, 0.05) is 0 Å². The minimum atomic E-state index is -0.939. The number of aliphatic hydroxyl groups is 1. The van der Waals surface area contributed by atoms with Gasteiger partial charge < -0.3 is 5.11 Å². The molecule has 0 radical (unpaired) electrons. The molecule has 0 spiro atoms. The average Bonchev–Trinajstić information content (AvgIpc) is 2.36. The molecule has 0 saturated heterocycles. The monoisotopic (exact) mass is 278 g/mol. The molecule has 1 aromatic carbocycles. The van der Waals surface area contributed by atoms with Gasteiger partial charge in [-0.3, -0.25) is 0 Å².